The molecule has 4 rings (SSSR count). The van der Waals surface area contributed by atoms with E-state index < -0.39 is 0 Å². The number of nitrogens with zero attached hydrogens (tertiary/aromatic N) is 3. The zero-order valence-electron chi connectivity index (χ0n) is 12.4. The monoisotopic (exact) mass is 343 g/mol. The minimum atomic E-state index is 0.287. The van der Waals surface area contributed by atoms with Gasteiger partial charge in [0.05, 0.1) is 5.69 Å². The summed E-state index contributed by atoms with van der Waals surface area (Å²) >= 11 is 3.22. The standard InChI is InChI=1S/C16H13N3O2S2/c1-10-4-5-17-16(18-10)23-8-12-7-22-15(19-12)11-2-3-13-14(6-11)21-9-20-13/h2-7H,8-9H2,1H3. The Kier molecular flexibility index (Phi) is 3.88. The molecule has 3 heterocycles. The molecule has 1 aliphatic rings. The predicted molar refractivity (Wildman–Crippen MR) is 90.0 cm³/mol. The van der Waals surface area contributed by atoms with E-state index in [1.54, 1.807) is 29.3 Å². The number of thiazole rings is 1. The molecular weight excluding hydrogens is 330 g/mol. The van der Waals surface area contributed by atoms with Gasteiger partial charge >= 0.3 is 0 Å². The molecule has 1 aromatic carbocycles. The number of thioether (sulfide) groups is 1. The van der Waals surface area contributed by atoms with Gasteiger partial charge in [-0.3, -0.25) is 0 Å². The second-order valence-electron chi connectivity index (χ2n) is 4.98. The number of hydrogen-bond acceptors (Lipinski definition) is 7. The van der Waals surface area contributed by atoms with Gasteiger partial charge in [-0.2, -0.15) is 0 Å². The summed E-state index contributed by atoms with van der Waals surface area (Å²) in [4.78, 5) is 13.3. The highest BCUT2D eigenvalue weighted by molar-refractivity contribution is 7.98. The Bertz CT molecular complexity index is 851. The molecular formula is C16H13N3O2S2. The van der Waals surface area contributed by atoms with Gasteiger partial charge in [-0.15, -0.1) is 11.3 Å². The van der Waals surface area contributed by atoms with Crippen LogP contribution in [-0.4, -0.2) is 21.7 Å². The Morgan fingerprint density at radius 3 is 3.00 bits per heavy atom. The summed E-state index contributed by atoms with van der Waals surface area (Å²) in [6.45, 7) is 2.25. The van der Waals surface area contributed by atoms with Gasteiger partial charge in [-0.25, -0.2) is 15.0 Å². The topological polar surface area (TPSA) is 57.1 Å². The molecule has 2 aromatic heterocycles. The van der Waals surface area contributed by atoms with Gasteiger partial charge in [0.1, 0.15) is 5.01 Å². The fourth-order valence-corrected chi connectivity index (χ4v) is 3.86. The zero-order chi connectivity index (χ0) is 15.6. The van der Waals surface area contributed by atoms with Crippen molar-refractivity contribution in [2.75, 3.05) is 6.79 Å². The summed E-state index contributed by atoms with van der Waals surface area (Å²) in [5.74, 6) is 2.32. The Morgan fingerprint density at radius 2 is 2.09 bits per heavy atom. The number of fused-ring (bicyclic) bond motifs is 1. The van der Waals surface area contributed by atoms with Crippen LogP contribution in [0.3, 0.4) is 0 Å². The number of rotatable bonds is 4. The minimum absolute atomic E-state index is 0.287. The van der Waals surface area contributed by atoms with Crippen LogP contribution in [-0.2, 0) is 5.75 Å². The molecule has 0 unspecified atom stereocenters. The smallest absolute Gasteiger partial charge is 0.231 e. The van der Waals surface area contributed by atoms with E-state index >= 15 is 0 Å². The number of aromatic nitrogens is 3. The van der Waals surface area contributed by atoms with Crippen LogP contribution in [0.15, 0.2) is 41.0 Å². The molecule has 3 aromatic rings. The van der Waals surface area contributed by atoms with Crippen molar-refractivity contribution in [1.29, 1.82) is 0 Å². The maximum Gasteiger partial charge on any atom is 0.231 e. The number of aryl methyl sites for hydroxylation is 1. The predicted octanol–water partition coefficient (Wildman–Crippen LogP) is 3.93. The van der Waals surface area contributed by atoms with Gasteiger partial charge in [-0.05, 0) is 31.2 Å². The maximum absolute atomic E-state index is 5.42. The van der Waals surface area contributed by atoms with Gasteiger partial charge in [-0.1, -0.05) is 11.8 Å². The van der Waals surface area contributed by atoms with Crippen LogP contribution >= 0.6 is 23.1 Å². The Morgan fingerprint density at radius 1 is 1.17 bits per heavy atom. The minimum Gasteiger partial charge on any atom is -0.454 e. The van der Waals surface area contributed by atoms with Crippen LogP contribution in [0, 0.1) is 6.92 Å². The fourth-order valence-electron chi connectivity index (χ4n) is 2.17. The van der Waals surface area contributed by atoms with Crippen molar-refractivity contribution in [1.82, 2.24) is 15.0 Å². The van der Waals surface area contributed by atoms with E-state index in [4.69, 9.17) is 9.47 Å². The third kappa shape index (κ3) is 3.16. The molecule has 0 fully saturated rings. The molecule has 5 nitrogen and oxygen atoms in total. The molecule has 0 aliphatic carbocycles. The number of benzene rings is 1. The van der Waals surface area contributed by atoms with Crippen molar-refractivity contribution in [3.8, 4) is 22.1 Å². The molecule has 0 saturated carbocycles. The second kappa shape index (κ2) is 6.17. The summed E-state index contributed by atoms with van der Waals surface area (Å²) in [7, 11) is 0. The quantitative estimate of drug-likeness (QED) is 0.528. The van der Waals surface area contributed by atoms with E-state index in [0.717, 1.165) is 44.4 Å². The van der Waals surface area contributed by atoms with Crippen LogP contribution < -0.4 is 9.47 Å². The molecule has 0 saturated heterocycles. The van der Waals surface area contributed by atoms with E-state index in [2.05, 4.69) is 20.3 Å². The molecule has 23 heavy (non-hydrogen) atoms. The van der Waals surface area contributed by atoms with Crippen molar-refractivity contribution < 1.29 is 9.47 Å². The molecule has 0 bridgehead atoms. The summed E-state index contributed by atoms with van der Waals surface area (Å²) in [6, 6.07) is 7.80. The van der Waals surface area contributed by atoms with Gasteiger partial charge in [0.2, 0.25) is 6.79 Å². The van der Waals surface area contributed by atoms with Crippen LogP contribution in [0.4, 0.5) is 0 Å². The van der Waals surface area contributed by atoms with Crippen LogP contribution in [0.1, 0.15) is 11.4 Å². The third-order valence-corrected chi connectivity index (χ3v) is 5.13. The Balaban J connectivity index is 1.48. The first-order chi connectivity index (χ1) is 11.3. The average molecular weight is 343 g/mol. The molecule has 0 N–H and O–H groups in total. The highest BCUT2D eigenvalue weighted by Gasteiger charge is 2.15. The molecule has 7 heteroatoms. The largest absolute Gasteiger partial charge is 0.454 e. The average Bonchev–Trinajstić information content (AvgIpc) is 3.21. The van der Waals surface area contributed by atoms with E-state index in [1.807, 2.05) is 31.2 Å². The Hall–Kier alpha value is -2.12. The molecule has 0 atom stereocenters. The van der Waals surface area contributed by atoms with Crippen molar-refractivity contribution in [3.05, 3.63) is 47.2 Å². The summed E-state index contributed by atoms with van der Waals surface area (Å²) in [6.07, 6.45) is 1.78. The highest BCUT2D eigenvalue weighted by Crippen LogP contribution is 2.37. The second-order valence-corrected chi connectivity index (χ2v) is 6.78. The lowest BCUT2D eigenvalue weighted by Crippen LogP contribution is -1.92. The SMILES string of the molecule is Cc1ccnc(SCc2csc(-c3ccc4c(c3)OCO4)n2)n1. The molecule has 116 valence electrons. The first-order valence-electron chi connectivity index (χ1n) is 7.05. The van der Waals surface area contributed by atoms with Crippen molar-refractivity contribution in [3.63, 3.8) is 0 Å². The lowest BCUT2D eigenvalue weighted by Gasteiger charge is -2.00. The first-order valence-corrected chi connectivity index (χ1v) is 8.91. The van der Waals surface area contributed by atoms with Gasteiger partial charge in [0.15, 0.2) is 16.7 Å². The first kappa shape index (κ1) is 14.5. The number of ether oxygens (including phenoxy) is 2. The van der Waals surface area contributed by atoms with E-state index in [1.165, 1.54) is 0 Å². The van der Waals surface area contributed by atoms with E-state index in [-0.39, 0.29) is 6.79 Å². The summed E-state index contributed by atoms with van der Waals surface area (Å²) in [5.41, 5.74) is 3.04. The normalized spacial score (nSPS) is 12.6. The molecule has 0 spiro atoms. The van der Waals surface area contributed by atoms with Crippen LogP contribution in [0.2, 0.25) is 0 Å². The lowest BCUT2D eigenvalue weighted by atomic mass is 10.2. The zero-order valence-corrected chi connectivity index (χ0v) is 14.0. The van der Waals surface area contributed by atoms with Gasteiger partial charge < -0.3 is 9.47 Å². The fraction of sp³-hybridized carbons (Fsp3) is 0.188. The summed E-state index contributed by atoms with van der Waals surface area (Å²) < 4.78 is 10.8. The number of hydrogen-bond donors (Lipinski definition) is 0. The van der Waals surface area contributed by atoms with Crippen molar-refractivity contribution in [2.45, 2.75) is 17.8 Å². The Labute approximate surface area is 141 Å². The maximum atomic E-state index is 5.42. The summed E-state index contributed by atoms with van der Waals surface area (Å²) in [5, 5.41) is 3.83. The van der Waals surface area contributed by atoms with E-state index in [9.17, 15) is 0 Å². The third-order valence-electron chi connectivity index (χ3n) is 3.29. The van der Waals surface area contributed by atoms with Gasteiger partial charge in [0.25, 0.3) is 0 Å². The van der Waals surface area contributed by atoms with Gasteiger partial charge in [0, 0.05) is 28.6 Å². The van der Waals surface area contributed by atoms with E-state index in [0.29, 0.717) is 0 Å². The molecule has 0 amide bonds. The molecule has 0 radical (unpaired) electrons. The van der Waals surface area contributed by atoms with Crippen molar-refractivity contribution in [2.24, 2.45) is 0 Å². The highest BCUT2D eigenvalue weighted by atomic mass is 32.2. The molecule has 1 aliphatic heterocycles. The van der Waals surface area contributed by atoms with Crippen LogP contribution in [0.25, 0.3) is 10.6 Å². The van der Waals surface area contributed by atoms with Crippen molar-refractivity contribution >= 4 is 23.1 Å². The lowest BCUT2D eigenvalue weighted by molar-refractivity contribution is 0.174. The van der Waals surface area contributed by atoms with Crippen LogP contribution in [0.5, 0.6) is 11.5 Å².